The van der Waals surface area contributed by atoms with Crippen LogP contribution in [0, 0.1) is 0 Å². The number of nitrogens with one attached hydrogen (secondary N) is 1. The highest BCUT2D eigenvalue weighted by Crippen LogP contribution is 2.31. The van der Waals surface area contributed by atoms with E-state index in [1.807, 2.05) is 61.5 Å². The molecule has 0 saturated heterocycles. The molecule has 0 fully saturated rings. The van der Waals surface area contributed by atoms with Crippen LogP contribution in [0.25, 0.3) is 0 Å². The van der Waals surface area contributed by atoms with Crippen LogP contribution in [0.2, 0.25) is 10.0 Å². The molecule has 0 aliphatic carbocycles. The van der Waals surface area contributed by atoms with Gasteiger partial charge in [-0.3, -0.25) is 13.9 Å². The summed E-state index contributed by atoms with van der Waals surface area (Å²) in [5.41, 5.74) is 1.96. The first-order valence-corrected chi connectivity index (χ1v) is 16.3. The molecule has 42 heavy (non-hydrogen) atoms. The number of benzene rings is 3. The van der Waals surface area contributed by atoms with Gasteiger partial charge in [-0.25, -0.2) is 8.42 Å². The van der Waals surface area contributed by atoms with Crippen molar-refractivity contribution in [3.8, 4) is 5.75 Å². The molecule has 3 aromatic rings. The molecule has 3 aromatic carbocycles. The van der Waals surface area contributed by atoms with Crippen LogP contribution in [-0.4, -0.2) is 57.6 Å². The third kappa shape index (κ3) is 9.64. The molecule has 0 radical (unpaired) electrons. The summed E-state index contributed by atoms with van der Waals surface area (Å²) >= 11 is 12.4. The van der Waals surface area contributed by atoms with Crippen molar-refractivity contribution in [1.82, 2.24) is 10.2 Å². The first kappa shape index (κ1) is 33.2. The van der Waals surface area contributed by atoms with Crippen LogP contribution in [0.1, 0.15) is 37.3 Å². The molecule has 0 saturated carbocycles. The van der Waals surface area contributed by atoms with E-state index in [1.54, 1.807) is 18.1 Å². The summed E-state index contributed by atoms with van der Waals surface area (Å²) in [4.78, 5) is 29.0. The maximum atomic E-state index is 13.9. The van der Waals surface area contributed by atoms with Gasteiger partial charge in [-0.15, -0.1) is 0 Å². The predicted molar refractivity (Wildman–Crippen MR) is 169 cm³/mol. The fourth-order valence-electron chi connectivity index (χ4n) is 4.55. The molecule has 3 rings (SSSR count). The van der Waals surface area contributed by atoms with E-state index in [-0.39, 0.29) is 48.5 Å². The topological polar surface area (TPSA) is 96.0 Å². The summed E-state index contributed by atoms with van der Waals surface area (Å²) in [6.45, 7) is 2.62. The van der Waals surface area contributed by atoms with Gasteiger partial charge in [0.2, 0.25) is 21.8 Å². The maximum Gasteiger partial charge on any atom is 0.243 e. The van der Waals surface area contributed by atoms with Crippen molar-refractivity contribution in [3.63, 3.8) is 0 Å². The molecule has 0 aromatic heterocycles. The largest absolute Gasteiger partial charge is 0.497 e. The average molecular weight is 635 g/mol. The van der Waals surface area contributed by atoms with E-state index in [4.69, 9.17) is 27.9 Å². The van der Waals surface area contributed by atoms with Crippen molar-refractivity contribution >= 4 is 50.7 Å². The number of hydrogen-bond acceptors (Lipinski definition) is 5. The van der Waals surface area contributed by atoms with Gasteiger partial charge in [0.15, 0.2) is 0 Å². The molecule has 0 unspecified atom stereocenters. The number of anilines is 1. The molecule has 0 aliphatic heterocycles. The Hall–Kier alpha value is -3.27. The monoisotopic (exact) mass is 633 g/mol. The molecule has 0 spiro atoms. The number of methoxy groups -OCH3 is 1. The Labute approximate surface area is 258 Å². The number of nitrogens with zero attached hydrogens (tertiary/aromatic N) is 2. The van der Waals surface area contributed by atoms with Crippen LogP contribution in [-0.2, 0) is 32.6 Å². The second kappa shape index (κ2) is 15.8. The first-order chi connectivity index (χ1) is 20.0. The van der Waals surface area contributed by atoms with Crippen LogP contribution in [0.5, 0.6) is 5.75 Å². The molecule has 0 aliphatic rings. The van der Waals surface area contributed by atoms with Gasteiger partial charge in [0.1, 0.15) is 11.8 Å². The highest BCUT2D eigenvalue weighted by Gasteiger charge is 2.30. The summed E-state index contributed by atoms with van der Waals surface area (Å²) in [6, 6.07) is 20.7. The van der Waals surface area contributed by atoms with Crippen molar-refractivity contribution in [1.29, 1.82) is 0 Å². The van der Waals surface area contributed by atoms with E-state index in [2.05, 4.69) is 5.32 Å². The molecular weight excluding hydrogens is 597 g/mol. The van der Waals surface area contributed by atoms with Crippen LogP contribution in [0.3, 0.4) is 0 Å². The molecule has 8 nitrogen and oxygen atoms in total. The van der Waals surface area contributed by atoms with Gasteiger partial charge in [0.25, 0.3) is 0 Å². The second-order valence-electron chi connectivity index (χ2n) is 9.90. The number of ether oxygens (including phenoxy) is 1. The lowest BCUT2D eigenvalue weighted by Gasteiger charge is -2.32. The van der Waals surface area contributed by atoms with E-state index in [0.29, 0.717) is 23.7 Å². The third-order valence-corrected chi connectivity index (χ3v) is 8.37. The Morgan fingerprint density at radius 1 is 0.976 bits per heavy atom. The Morgan fingerprint density at radius 2 is 1.69 bits per heavy atom. The molecule has 0 heterocycles. The van der Waals surface area contributed by atoms with Gasteiger partial charge in [0.05, 0.1) is 24.1 Å². The molecule has 226 valence electrons. The second-order valence-corrected chi connectivity index (χ2v) is 12.7. The lowest BCUT2D eigenvalue weighted by Crippen LogP contribution is -2.50. The molecule has 2 amide bonds. The van der Waals surface area contributed by atoms with Gasteiger partial charge >= 0.3 is 0 Å². The predicted octanol–water partition coefficient (Wildman–Crippen LogP) is 5.71. The maximum absolute atomic E-state index is 13.9. The van der Waals surface area contributed by atoms with Crippen molar-refractivity contribution < 1.29 is 22.7 Å². The van der Waals surface area contributed by atoms with Crippen LogP contribution >= 0.6 is 23.2 Å². The van der Waals surface area contributed by atoms with E-state index >= 15 is 0 Å². The molecule has 0 bridgehead atoms. The normalized spacial score (nSPS) is 11.9. The SMILES string of the molecule is CCCNC(=O)[C@@H](Cc1ccccc1)N(Cc1cccc(OC)c1)C(=O)CCCN(c1cc(Cl)ccc1Cl)S(C)(=O)=O. The third-order valence-electron chi connectivity index (χ3n) is 6.64. The number of carbonyl (C=O) groups excluding carboxylic acids is 2. The highest BCUT2D eigenvalue weighted by atomic mass is 35.5. The summed E-state index contributed by atoms with van der Waals surface area (Å²) in [5, 5.41) is 3.52. The Balaban J connectivity index is 1.90. The zero-order chi connectivity index (χ0) is 30.7. The van der Waals surface area contributed by atoms with Crippen molar-refractivity contribution in [2.45, 2.75) is 45.2 Å². The summed E-state index contributed by atoms with van der Waals surface area (Å²) < 4.78 is 31.9. The van der Waals surface area contributed by atoms with Crippen molar-refractivity contribution in [2.24, 2.45) is 0 Å². The van der Waals surface area contributed by atoms with E-state index in [9.17, 15) is 18.0 Å². The van der Waals surface area contributed by atoms with Crippen LogP contribution in [0.15, 0.2) is 72.8 Å². The zero-order valence-corrected chi connectivity index (χ0v) is 26.4. The van der Waals surface area contributed by atoms with Gasteiger partial charge in [0, 0.05) is 37.5 Å². The first-order valence-electron chi connectivity index (χ1n) is 13.7. The molecule has 11 heteroatoms. The molecule has 1 atom stereocenters. The average Bonchev–Trinajstić information content (AvgIpc) is 2.97. The number of rotatable bonds is 15. The number of sulfonamides is 1. The summed E-state index contributed by atoms with van der Waals surface area (Å²) in [5.74, 6) is 0.105. The van der Waals surface area contributed by atoms with Gasteiger partial charge in [-0.1, -0.05) is 72.6 Å². The zero-order valence-electron chi connectivity index (χ0n) is 24.1. The fourth-order valence-corrected chi connectivity index (χ4v) is 5.95. The van der Waals surface area contributed by atoms with Crippen LogP contribution < -0.4 is 14.4 Å². The van der Waals surface area contributed by atoms with Gasteiger partial charge < -0.3 is 15.0 Å². The fraction of sp³-hybridized carbons (Fsp3) is 0.355. The number of carbonyl (C=O) groups is 2. The molecule has 1 N–H and O–H groups in total. The van der Waals surface area contributed by atoms with Gasteiger partial charge in [-0.05, 0) is 54.3 Å². The lowest BCUT2D eigenvalue weighted by molar-refractivity contribution is -0.141. The Kier molecular flexibility index (Phi) is 12.5. The minimum atomic E-state index is -3.73. The van der Waals surface area contributed by atoms with Gasteiger partial charge in [-0.2, -0.15) is 0 Å². The number of halogens is 2. The van der Waals surface area contributed by atoms with Crippen molar-refractivity contribution in [2.75, 3.05) is 30.8 Å². The van der Waals surface area contributed by atoms with E-state index in [1.165, 1.54) is 12.1 Å². The van der Waals surface area contributed by atoms with Crippen molar-refractivity contribution in [3.05, 3.63) is 94.0 Å². The van der Waals surface area contributed by atoms with E-state index in [0.717, 1.165) is 28.1 Å². The standard InChI is InChI=1S/C31H37Cl2N3O5S/c1-4-17-34-31(38)29(20-23-10-6-5-7-11-23)35(22-24-12-8-13-26(19-24)41-2)30(37)14-9-18-36(42(3,39)40)28-21-25(32)15-16-27(28)33/h5-8,10-13,15-16,19,21,29H,4,9,14,17-18,20,22H2,1-3H3,(H,34,38)/t29-/m1/s1. The quantitative estimate of drug-likeness (QED) is 0.231. The highest BCUT2D eigenvalue weighted by molar-refractivity contribution is 7.92. The lowest BCUT2D eigenvalue weighted by atomic mass is 10.0. The summed E-state index contributed by atoms with van der Waals surface area (Å²) in [6.07, 6.45) is 2.34. The number of hydrogen-bond donors (Lipinski definition) is 1. The Morgan fingerprint density at radius 3 is 2.36 bits per heavy atom. The minimum absolute atomic E-state index is 0.000517. The molecular formula is C31H37Cl2N3O5S. The smallest absolute Gasteiger partial charge is 0.243 e. The Bertz CT molecular complexity index is 1450. The summed E-state index contributed by atoms with van der Waals surface area (Å²) in [7, 11) is -2.16. The van der Waals surface area contributed by atoms with E-state index < -0.39 is 16.1 Å². The number of amides is 2. The minimum Gasteiger partial charge on any atom is -0.497 e. The van der Waals surface area contributed by atoms with Crippen LogP contribution in [0.4, 0.5) is 5.69 Å².